The van der Waals surface area contributed by atoms with Crippen LogP contribution in [0, 0.1) is 0 Å². The van der Waals surface area contributed by atoms with Gasteiger partial charge in [-0.1, -0.05) is 0 Å². The fourth-order valence-electron chi connectivity index (χ4n) is 1.76. The zero-order valence-electron chi connectivity index (χ0n) is 9.16. The van der Waals surface area contributed by atoms with E-state index in [0.29, 0.717) is 37.6 Å². The number of hydrogen-bond donors (Lipinski definition) is 2. The summed E-state index contributed by atoms with van der Waals surface area (Å²) in [4.78, 5) is 18.3. The number of imidazole rings is 1. The highest BCUT2D eigenvalue weighted by molar-refractivity contribution is 5.86. The quantitative estimate of drug-likeness (QED) is 0.700. The molecule has 6 heteroatoms. The summed E-state index contributed by atoms with van der Waals surface area (Å²) in [5.41, 5.74) is 6.01. The van der Waals surface area contributed by atoms with E-state index in [0.717, 1.165) is 0 Å². The molecule has 1 aromatic heterocycles. The van der Waals surface area contributed by atoms with Crippen molar-refractivity contribution in [2.75, 3.05) is 20.3 Å². The van der Waals surface area contributed by atoms with Gasteiger partial charge in [-0.2, -0.15) is 0 Å². The van der Waals surface area contributed by atoms with Crippen molar-refractivity contribution < 1.29 is 14.3 Å². The average molecular weight is 225 g/mol. The number of nitrogens with two attached hydrogens (primary N) is 1. The number of methoxy groups -OCH3 is 1. The zero-order chi connectivity index (χ0) is 11.6. The summed E-state index contributed by atoms with van der Waals surface area (Å²) in [5, 5.41) is 0. The molecule has 0 unspecified atom stereocenters. The molecule has 0 bridgehead atoms. The zero-order valence-corrected chi connectivity index (χ0v) is 9.16. The second-order valence-electron chi connectivity index (χ2n) is 3.91. The van der Waals surface area contributed by atoms with Crippen molar-refractivity contribution in [2.45, 2.75) is 18.4 Å². The smallest absolute Gasteiger partial charge is 0.356 e. The third kappa shape index (κ3) is 1.94. The Morgan fingerprint density at radius 2 is 2.31 bits per heavy atom. The van der Waals surface area contributed by atoms with E-state index >= 15 is 0 Å². The van der Waals surface area contributed by atoms with Gasteiger partial charge in [0.2, 0.25) is 0 Å². The fourth-order valence-corrected chi connectivity index (χ4v) is 1.76. The largest absolute Gasteiger partial charge is 0.464 e. The van der Waals surface area contributed by atoms with Crippen LogP contribution in [-0.2, 0) is 15.0 Å². The molecule has 1 aliphatic rings. The van der Waals surface area contributed by atoms with Crippen molar-refractivity contribution in [3.05, 3.63) is 17.7 Å². The molecule has 16 heavy (non-hydrogen) atoms. The van der Waals surface area contributed by atoms with Gasteiger partial charge in [-0.15, -0.1) is 0 Å². The summed E-state index contributed by atoms with van der Waals surface area (Å²) in [5.74, 6) is 0.186. The fraction of sp³-hybridized carbons (Fsp3) is 0.600. The maximum atomic E-state index is 11.3. The third-order valence-corrected chi connectivity index (χ3v) is 2.84. The molecule has 2 heterocycles. The van der Waals surface area contributed by atoms with Crippen LogP contribution in [-0.4, -0.2) is 36.3 Å². The number of H-pyrrole nitrogens is 1. The maximum absolute atomic E-state index is 11.3. The Morgan fingerprint density at radius 1 is 1.62 bits per heavy atom. The second-order valence-corrected chi connectivity index (χ2v) is 3.91. The number of hydrogen-bond acceptors (Lipinski definition) is 5. The van der Waals surface area contributed by atoms with Crippen molar-refractivity contribution in [3.63, 3.8) is 0 Å². The van der Waals surface area contributed by atoms with Gasteiger partial charge in [0.05, 0.1) is 18.8 Å². The number of nitrogens with zero attached hydrogens (tertiary/aromatic N) is 1. The lowest BCUT2D eigenvalue weighted by Crippen LogP contribution is -2.43. The number of rotatable bonds is 2. The first kappa shape index (κ1) is 11.1. The lowest BCUT2D eigenvalue weighted by Gasteiger charge is -2.31. The third-order valence-electron chi connectivity index (χ3n) is 2.84. The first-order chi connectivity index (χ1) is 7.65. The van der Waals surface area contributed by atoms with Gasteiger partial charge in [0.15, 0.2) is 0 Å². The van der Waals surface area contributed by atoms with Gasteiger partial charge in [-0.25, -0.2) is 9.78 Å². The van der Waals surface area contributed by atoms with Gasteiger partial charge < -0.3 is 20.2 Å². The SMILES string of the molecule is COC(=O)c1cnc(C2(N)CCOCC2)[nH]1. The number of ether oxygens (including phenoxy) is 2. The highest BCUT2D eigenvalue weighted by Crippen LogP contribution is 2.26. The topological polar surface area (TPSA) is 90.2 Å². The lowest BCUT2D eigenvalue weighted by molar-refractivity contribution is 0.0492. The van der Waals surface area contributed by atoms with E-state index in [-0.39, 0.29) is 0 Å². The minimum absolute atomic E-state index is 0.328. The van der Waals surface area contributed by atoms with Gasteiger partial charge >= 0.3 is 5.97 Å². The van der Waals surface area contributed by atoms with Crippen LogP contribution in [0.25, 0.3) is 0 Å². The normalized spacial score (nSPS) is 19.4. The van der Waals surface area contributed by atoms with Crippen LogP contribution in [0.3, 0.4) is 0 Å². The van der Waals surface area contributed by atoms with Crippen LogP contribution >= 0.6 is 0 Å². The second kappa shape index (κ2) is 4.23. The Morgan fingerprint density at radius 3 is 2.94 bits per heavy atom. The van der Waals surface area contributed by atoms with E-state index in [2.05, 4.69) is 14.7 Å². The summed E-state index contributed by atoms with van der Waals surface area (Å²) >= 11 is 0. The van der Waals surface area contributed by atoms with Crippen LogP contribution in [0.1, 0.15) is 29.2 Å². The molecular formula is C10H15N3O3. The molecule has 0 aliphatic carbocycles. The Kier molecular flexibility index (Phi) is 2.93. The monoisotopic (exact) mass is 225 g/mol. The number of aromatic amines is 1. The van der Waals surface area contributed by atoms with Gasteiger partial charge in [0.25, 0.3) is 0 Å². The highest BCUT2D eigenvalue weighted by atomic mass is 16.5. The van der Waals surface area contributed by atoms with E-state index in [4.69, 9.17) is 10.5 Å². The maximum Gasteiger partial charge on any atom is 0.356 e. The highest BCUT2D eigenvalue weighted by Gasteiger charge is 2.33. The Bertz CT molecular complexity index is 382. The lowest BCUT2D eigenvalue weighted by atomic mass is 9.91. The van der Waals surface area contributed by atoms with Crippen LogP contribution in [0.5, 0.6) is 0 Å². The molecule has 0 spiro atoms. The summed E-state index contributed by atoms with van der Waals surface area (Å²) in [6.45, 7) is 1.23. The first-order valence-corrected chi connectivity index (χ1v) is 5.16. The molecular weight excluding hydrogens is 210 g/mol. The molecule has 6 nitrogen and oxygen atoms in total. The Hall–Kier alpha value is -1.40. The number of nitrogens with one attached hydrogen (secondary N) is 1. The van der Waals surface area contributed by atoms with E-state index in [1.165, 1.54) is 13.3 Å². The number of aromatic nitrogens is 2. The van der Waals surface area contributed by atoms with Crippen LogP contribution in [0.2, 0.25) is 0 Å². The van der Waals surface area contributed by atoms with E-state index in [9.17, 15) is 4.79 Å². The number of carbonyl (C=O) groups excluding carboxylic acids is 1. The molecule has 0 amide bonds. The van der Waals surface area contributed by atoms with Crippen molar-refractivity contribution in [1.29, 1.82) is 0 Å². The Balaban J connectivity index is 2.20. The summed E-state index contributed by atoms with van der Waals surface area (Å²) < 4.78 is 9.84. The number of carbonyl (C=O) groups is 1. The molecule has 0 radical (unpaired) electrons. The molecule has 1 fully saturated rings. The van der Waals surface area contributed by atoms with Crippen molar-refractivity contribution >= 4 is 5.97 Å². The van der Waals surface area contributed by atoms with Crippen molar-refractivity contribution in [2.24, 2.45) is 5.73 Å². The van der Waals surface area contributed by atoms with Gasteiger partial charge in [0, 0.05) is 13.2 Å². The van der Waals surface area contributed by atoms with E-state index in [1.807, 2.05) is 0 Å². The van der Waals surface area contributed by atoms with Crippen LogP contribution in [0.15, 0.2) is 6.20 Å². The predicted molar refractivity (Wildman–Crippen MR) is 55.8 cm³/mol. The van der Waals surface area contributed by atoms with E-state index in [1.54, 1.807) is 0 Å². The molecule has 0 aromatic carbocycles. The molecule has 0 saturated carbocycles. The Labute approximate surface area is 93.1 Å². The van der Waals surface area contributed by atoms with Crippen LogP contribution < -0.4 is 5.73 Å². The van der Waals surface area contributed by atoms with Gasteiger partial charge in [-0.3, -0.25) is 0 Å². The predicted octanol–water partition coefficient (Wildman–Crippen LogP) is 0.161. The average Bonchev–Trinajstić information content (AvgIpc) is 2.79. The summed E-state index contributed by atoms with van der Waals surface area (Å²) in [7, 11) is 1.33. The molecule has 1 saturated heterocycles. The molecule has 88 valence electrons. The molecule has 0 atom stereocenters. The molecule has 3 N–H and O–H groups in total. The van der Waals surface area contributed by atoms with E-state index < -0.39 is 11.5 Å². The minimum Gasteiger partial charge on any atom is -0.464 e. The molecule has 1 aliphatic heterocycles. The van der Waals surface area contributed by atoms with Crippen molar-refractivity contribution in [3.8, 4) is 0 Å². The van der Waals surface area contributed by atoms with Gasteiger partial charge in [-0.05, 0) is 12.8 Å². The minimum atomic E-state index is -0.523. The summed E-state index contributed by atoms with van der Waals surface area (Å²) in [6.07, 6.45) is 2.84. The standard InChI is InChI=1S/C10H15N3O3/c1-15-8(14)7-6-12-9(13-7)10(11)2-4-16-5-3-10/h6H,2-5,11H2,1H3,(H,12,13). The number of esters is 1. The van der Waals surface area contributed by atoms with Crippen molar-refractivity contribution in [1.82, 2.24) is 9.97 Å². The van der Waals surface area contributed by atoms with Crippen LogP contribution in [0.4, 0.5) is 0 Å². The first-order valence-electron chi connectivity index (χ1n) is 5.16. The molecule has 1 aromatic rings. The summed E-state index contributed by atoms with van der Waals surface area (Å²) in [6, 6.07) is 0. The molecule has 2 rings (SSSR count). The van der Waals surface area contributed by atoms with Gasteiger partial charge in [0.1, 0.15) is 11.5 Å².